The van der Waals surface area contributed by atoms with Crippen LogP contribution < -0.4 is 31.1 Å². The van der Waals surface area contributed by atoms with Gasteiger partial charge in [-0.3, -0.25) is 9.59 Å². The molecular weight excluding hydrogens is 560 g/mol. The summed E-state index contributed by atoms with van der Waals surface area (Å²) in [5, 5.41) is 50.0. The Bertz CT molecular complexity index is 1650. The number of carbonyl (C=O) groups is 6. The van der Waals surface area contributed by atoms with Crippen LogP contribution in [0.3, 0.4) is 0 Å². The van der Waals surface area contributed by atoms with Gasteiger partial charge in [-0.25, -0.2) is 0 Å². The first-order chi connectivity index (χ1) is 20.4. The minimum atomic E-state index is -1.65. The predicted octanol–water partition coefficient (Wildman–Crippen LogP) is -0.764. The van der Waals surface area contributed by atoms with Crippen molar-refractivity contribution in [2.75, 3.05) is 10.6 Å². The molecule has 216 valence electrons. The number of carboxylic acid groups (broad SMARTS) is 4. The molecule has 0 fully saturated rings. The van der Waals surface area contributed by atoms with Crippen LogP contribution in [-0.2, 0) is 6.42 Å². The molecule has 4 aromatic rings. The van der Waals surface area contributed by atoms with Crippen LogP contribution in [0.2, 0.25) is 0 Å². The van der Waals surface area contributed by atoms with Crippen LogP contribution in [0.15, 0.2) is 84.9 Å². The Hall–Kier alpha value is -6.30. The van der Waals surface area contributed by atoms with Crippen LogP contribution in [-0.4, -0.2) is 35.7 Å². The first-order valence-corrected chi connectivity index (χ1v) is 12.4. The molecule has 12 heteroatoms. The van der Waals surface area contributed by atoms with Gasteiger partial charge < -0.3 is 50.2 Å². The topological polar surface area (TPSA) is 219 Å². The van der Waals surface area contributed by atoms with Crippen LogP contribution in [0.1, 0.15) is 73.3 Å². The molecule has 0 spiro atoms. The zero-order valence-corrected chi connectivity index (χ0v) is 21.9. The summed E-state index contributed by atoms with van der Waals surface area (Å²) in [6.07, 6.45) is 0.438. The highest BCUT2D eigenvalue weighted by molar-refractivity contribution is 6.12. The summed E-state index contributed by atoms with van der Waals surface area (Å²) in [5.41, 5.74) is -0.244. The lowest BCUT2D eigenvalue weighted by molar-refractivity contribution is -0.256. The summed E-state index contributed by atoms with van der Waals surface area (Å²) in [6, 6.07) is 18.8. The van der Waals surface area contributed by atoms with Crippen LogP contribution in [0.5, 0.6) is 0 Å². The van der Waals surface area contributed by atoms with Crippen LogP contribution >= 0.6 is 0 Å². The number of hydrogen-bond donors (Lipinski definition) is 2. The van der Waals surface area contributed by atoms with E-state index in [9.17, 15) is 49.2 Å². The smallest absolute Gasteiger partial charge is 0.256 e. The van der Waals surface area contributed by atoms with Crippen molar-refractivity contribution in [3.63, 3.8) is 0 Å². The molecule has 2 N–H and O–H groups in total. The summed E-state index contributed by atoms with van der Waals surface area (Å²) >= 11 is 0. The molecule has 0 aromatic heterocycles. The molecule has 0 unspecified atom stereocenters. The van der Waals surface area contributed by atoms with E-state index in [2.05, 4.69) is 10.6 Å². The number of carbonyl (C=O) groups excluding carboxylic acids is 6. The predicted molar refractivity (Wildman–Crippen MR) is 142 cm³/mol. The molecule has 0 bridgehead atoms. The van der Waals surface area contributed by atoms with E-state index < -0.39 is 57.9 Å². The van der Waals surface area contributed by atoms with E-state index in [1.165, 1.54) is 0 Å². The third-order valence-electron chi connectivity index (χ3n) is 6.27. The Morgan fingerprint density at radius 1 is 0.442 bits per heavy atom. The number of anilines is 2. The van der Waals surface area contributed by atoms with E-state index in [1.54, 1.807) is 48.5 Å². The largest absolute Gasteiger partial charge is 0.545 e. The lowest BCUT2D eigenvalue weighted by Gasteiger charge is -2.14. The normalized spacial score (nSPS) is 10.4. The molecule has 4 aromatic carbocycles. The van der Waals surface area contributed by atoms with Crippen LogP contribution in [0.4, 0.5) is 11.4 Å². The van der Waals surface area contributed by atoms with Gasteiger partial charge in [-0.2, -0.15) is 0 Å². The maximum absolute atomic E-state index is 12.7. The van der Waals surface area contributed by atoms with Gasteiger partial charge in [0.15, 0.2) is 0 Å². The van der Waals surface area contributed by atoms with E-state index in [4.69, 9.17) is 0 Å². The minimum Gasteiger partial charge on any atom is -0.545 e. The summed E-state index contributed by atoms with van der Waals surface area (Å²) in [6.45, 7) is 0. The van der Waals surface area contributed by atoms with Gasteiger partial charge in [0.05, 0.1) is 23.9 Å². The van der Waals surface area contributed by atoms with Crippen molar-refractivity contribution in [2.24, 2.45) is 0 Å². The van der Waals surface area contributed by atoms with Crippen molar-refractivity contribution < 1.29 is 49.2 Å². The maximum atomic E-state index is 12.7. The van der Waals surface area contributed by atoms with Gasteiger partial charge in [0.25, 0.3) is 11.8 Å². The number of aromatic carboxylic acids is 4. The molecule has 0 aliphatic rings. The fourth-order valence-electron chi connectivity index (χ4n) is 4.12. The SMILES string of the molecule is O=C([O-])c1ccc(C(=O)[O-])c(C(=O)Nc2ccc(Cc3ccc(NC(=O)c4cc(C(=O)[O-])ccc4C(=O)[O-])cc3)cc2)c1. The second-order valence-corrected chi connectivity index (χ2v) is 9.15. The number of nitrogens with one attached hydrogen (secondary N) is 2. The first-order valence-electron chi connectivity index (χ1n) is 12.4. The zero-order chi connectivity index (χ0) is 31.3. The molecule has 0 atom stereocenters. The van der Waals surface area contributed by atoms with E-state index in [0.717, 1.165) is 47.5 Å². The standard InChI is InChI=1S/C31H22N2O10/c34-26(24-14-18(28(36)37)5-11-22(24)30(40)41)32-20-7-1-16(2-8-20)13-17-3-9-21(10-4-17)33-27(35)25-15-19(29(38)39)6-12-23(25)31(42)43/h1-12,14-15H,13H2,(H,32,34)(H,33,35)(H,36,37)(H,38,39)(H,40,41)(H,42,43)/p-4. The van der Waals surface area contributed by atoms with Crippen LogP contribution in [0.25, 0.3) is 0 Å². The van der Waals surface area contributed by atoms with Crippen molar-refractivity contribution >= 4 is 47.1 Å². The molecule has 0 saturated carbocycles. The van der Waals surface area contributed by atoms with Crippen molar-refractivity contribution in [1.82, 2.24) is 0 Å². The number of carboxylic acids is 4. The van der Waals surface area contributed by atoms with Gasteiger partial charge in [-0.05, 0) is 65.1 Å². The highest BCUT2D eigenvalue weighted by atomic mass is 16.4. The number of benzene rings is 4. The van der Waals surface area contributed by atoms with E-state index in [-0.39, 0.29) is 11.1 Å². The Balaban J connectivity index is 1.42. The van der Waals surface area contributed by atoms with Gasteiger partial charge in [0, 0.05) is 33.6 Å². The lowest BCUT2D eigenvalue weighted by Crippen LogP contribution is -2.28. The van der Waals surface area contributed by atoms with Gasteiger partial charge in [0.1, 0.15) is 0 Å². The maximum Gasteiger partial charge on any atom is 0.256 e. The highest BCUT2D eigenvalue weighted by Crippen LogP contribution is 2.20. The summed E-state index contributed by atoms with van der Waals surface area (Å²) < 4.78 is 0. The fraction of sp³-hybridized carbons (Fsp3) is 0.0323. The number of amides is 2. The molecule has 0 aliphatic heterocycles. The Morgan fingerprint density at radius 2 is 0.791 bits per heavy atom. The summed E-state index contributed by atoms with van der Waals surface area (Å²) in [5.74, 6) is -8.17. The second-order valence-electron chi connectivity index (χ2n) is 9.15. The van der Waals surface area contributed by atoms with Gasteiger partial charge in [-0.1, -0.05) is 48.5 Å². The Morgan fingerprint density at radius 3 is 1.09 bits per heavy atom. The lowest BCUT2D eigenvalue weighted by atomic mass is 10.0. The van der Waals surface area contributed by atoms with Gasteiger partial charge in [0.2, 0.25) is 0 Å². The Kier molecular flexibility index (Phi) is 8.61. The summed E-state index contributed by atoms with van der Waals surface area (Å²) in [7, 11) is 0. The number of hydrogen-bond acceptors (Lipinski definition) is 10. The van der Waals surface area contributed by atoms with Crippen molar-refractivity contribution in [3.8, 4) is 0 Å². The molecule has 0 heterocycles. The molecule has 2 amide bonds. The zero-order valence-electron chi connectivity index (χ0n) is 21.9. The molecule has 0 aliphatic carbocycles. The summed E-state index contributed by atoms with van der Waals surface area (Å²) in [4.78, 5) is 70.4. The van der Waals surface area contributed by atoms with Crippen molar-refractivity contribution in [2.45, 2.75) is 6.42 Å². The average Bonchev–Trinajstić information content (AvgIpc) is 2.98. The minimum absolute atomic E-state index is 0.314. The van der Waals surface area contributed by atoms with E-state index >= 15 is 0 Å². The molecular formula is C31H18N2O10-4. The van der Waals surface area contributed by atoms with Crippen LogP contribution in [0, 0.1) is 0 Å². The molecule has 43 heavy (non-hydrogen) atoms. The molecule has 12 nitrogen and oxygen atoms in total. The Labute approximate surface area is 242 Å². The second kappa shape index (κ2) is 12.5. The first kappa shape index (κ1) is 29.7. The quantitative estimate of drug-likeness (QED) is 0.239. The fourth-order valence-corrected chi connectivity index (χ4v) is 4.12. The van der Waals surface area contributed by atoms with Gasteiger partial charge >= 0.3 is 0 Å². The highest BCUT2D eigenvalue weighted by Gasteiger charge is 2.16. The van der Waals surface area contributed by atoms with Crippen molar-refractivity contribution in [1.29, 1.82) is 0 Å². The van der Waals surface area contributed by atoms with Gasteiger partial charge in [-0.15, -0.1) is 0 Å². The van der Waals surface area contributed by atoms with E-state index in [0.29, 0.717) is 17.8 Å². The van der Waals surface area contributed by atoms with E-state index in [1.807, 2.05) is 0 Å². The molecule has 4 rings (SSSR count). The molecule has 0 radical (unpaired) electrons. The third kappa shape index (κ3) is 7.08. The number of rotatable bonds is 10. The third-order valence-corrected chi connectivity index (χ3v) is 6.27. The monoisotopic (exact) mass is 578 g/mol. The van der Waals surface area contributed by atoms with Crippen molar-refractivity contribution in [3.05, 3.63) is 129 Å². The average molecular weight is 578 g/mol. The molecule has 0 saturated heterocycles.